The second kappa shape index (κ2) is 12.0. The number of likely N-dealkylation sites (tertiary alicyclic amines) is 1. The molecule has 1 N–H and O–H groups in total. The lowest BCUT2D eigenvalue weighted by atomic mass is 9.85. The Bertz CT molecular complexity index is 1160. The highest BCUT2D eigenvalue weighted by atomic mass is 32.2. The topological polar surface area (TPSA) is 77.1 Å². The zero-order valence-electron chi connectivity index (χ0n) is 22.2. The second-order valence-corrected chi connectivity index (χ2v) is 12.0. The number of hydrogen-bond donors (Lipinski definition) is 1. The molecule has 0 bridgehead atoms. The van der Waals surface area contributed by atoms with E-state index in [1.165, 1.54) is 38.5 Å². The van der Waals surface area contributed by atoms with Crippen LogP contribution in [-0.4, -0.2) is 58.8 Å². The van der Waals surface area contributed by atoms with Crippen molar-refractivity contribution in [3.05, 3.63) is 47.8 Å². The maximum absolute atomic E-state index is 13.8. The Morgan fingerprint density at radius 1 is 0.892 bits per heavy atom. The predicted molar refractivity (Wildman–Crippen MR) is 142 cm³/mol. The maximum atomic E-state index is 13.8. The molecule has 0 radical (unpaired) electrons. The third-order valence-corrected chi connectivity index (χ3v) is 9.03. The van der Waals surface area contributed by atoms with Gasteiger partial charge >= 0.3 is 0 Å². The van der Waals surface area contributed by atoms with E-state index in [0.29, 0.717) is 29.2 Å². The Morgan fingerprint density at radius 3 is 2.19 bits per heavy atom. The Balaban J connectivity index is 1.30. The number of ether oxygens (including phenoxy) is 3. The SMILES string of the molecule is COc1ccc(S(=O)(=O)N[C@H]2CC[C@H](N3CCC(c4ccc(F)cc4OC(C)C)CC3)CC2)cc1OC. The van der Waals surface area contributed by atoms with E-state index in [1.807, 2.05) is 19.9 Å². The van der Waals surface area contributed by atoms with Crippen molar-refractivity contribution in [3.8, 4) is 17.2 Å². The minimum Gasteiger partial charge on any atom is -0.493 e. The molecule has 1 saturated carbocycles. The van der Waals surface area contributed by atoms with Crippen molar-refractivity contribution in [2.24, 2.45) is 0 Å². The van der Waals surface area contributed by atoms with Crippen molar-refractivity contribution in [1.82, 2.24) is 9.62 Å². The fourth-order valence-corrected chi connectivity index (χ4v) is 6.93. The molecule has 0 atom stereocenters. The Labute approximate surface area is 220 Å². The van der Waals surface area contributed by atoms with Crippen LogP contribution in [0.15, 0.2) is 41.3 Å². The second-order valence-electron chi connectivity index (χ2n) is 10.3. The van der Waals surface area contributed by atoms with E-state index in [1.54, 1.807) is 6.07 Å². The van der Waals surface area contributed by atoms with Crippen molar-refractivity contribution >= 4 is 10.0 Å². The molecule has 2 aliphatic rings. The van der Waals surface area contributed by atoms with E-state index in [-0.39, 0.29) is 22.9 Å². The maximum Gasteiger partial charge on any atom is 0.240 e. The Kier molecular flexibility index (Phi) is 8.98. The standard InChI is InChI=1S/C28H39FN2O5S/c1-19(2)36-27-17-21(29)5-11-25(27)20-13-15-31(16-14-20)23-8-6-22(7-9-23)30-37(32,33)24-10-12-26(34-3)28(18-24)35-4/h5,10-12,17-20,22-23,30H,6-9,13-16H2,1-4H3/t22-,23-. The summed E-state index contributed by atoms with van der Waals surface area (Å²) in [6, 6.07) is 9.93. The largest absolute Gasteiger partial charge is 0.493 e. The molecular weight excluding hydrogens is 495 g/mol. The summed E-state index contributed by atoms with van der Waals surface area (Å²) in [5.41, 5.74) is 1.10. The first-order valence-electron chi connectivity index (χ1n) is 13.1. The molecule has 37 heavy (non-hydrogen) atoms. The number of sulfonamides is 1. The Hall–Kier alpha value is -2.36. The van der Waals surface area contributed by atoms with Gasteiger partial charge < -0.3 is 19.1 Å². The van der Waals surface area contributed by atoms with Crippen LogP contribution in [0.5, 0.6) is 17.2 Å². The number of nitrogens with one attached hydrogen (secondary N) is 1. The van der Waals surface area contributed by atoms with Crippen LogP contribution >= 0.6 is 0 Å². The monoisotopic (exact) mass is 534 g/mol. The van der Waals surface area contributed by atoms with Crippen molar-refractivity contribution in [2.75, 3.05) is 27.3 Å². The molecule has 1 heterocycles. The van der Waals surface area contributed by atoms with Crippen molar-refractivity contribution < 1.29 is 27.0 Å². The van der Waals surface area contributed by atoms with Gasteiger partial charge in [0.15, 0.2) is 11.5 Å². The fourth-order valence-electron chi connectivity index (χ4n) is 5.61. The summed E-state index contributed by atoms with van der Waals surface area (Å²) >= 11 is 0. The molecule has 2 fully saturated rings. The smallest absolute Gasteiger partial charge is 0.240 e. The lowest BCUT2D eigenvalue weighted by Gasteiger charge is -2.41. The fraction of sp³-hybridized carbons (Fsp3) is 0.571. The van der Waals surface area contributed by atoms with E-state index in [0.717, 1.165) is 57.2 Å². The highest BCUT2D eigenvalue weighted by molar-refractivity contribution is 7.89. The third kappa shape index (κ3) is 6.75. The molecule has 204 valence electrons. The van der Waals surface area contributed by atoms with E-state index >= 15 is 0 Å². The summed E-state index contributed by atoms with van der Waals surface area (Å²) in [6.45, 7) is 5.88. The average molecular weight is 535 g/mol. The minimum atomic E-state index is -3.65. The van der Waals surface area contributed by atoms with E-state index in [9.17, 15) is 12.8 Å². The van der Waals surface area contributed by atoms with Gasteiger partial charge in [-0.25, -0.2) is 17.5 Å². The molecule has 0 spiro atoms. The first kappa shape index (κ1) is 27.7. The zero-order chi connectivity index (χ0) is 26.6. The van der Waals surface area contributed by atoms with Gasteiger partial charge in [0.25, 0.3) is 0 Å². The Morgan fingerprint density at radius 2 is 1.57 bits per heavy atom. The van der Waals surface area contributed by atoms with E-state index in [2.05, 4.69) is 9.62 Å². The number of methoxy groups -OCH3 is 2. The molecule has 1 aliphatic carbocycles. The van der Waals surface area contributed by atoms with E-state index in [4.69, 9.17) is 14.2 Å². The molecule has 1 saturated heterocycles. The zero-order valence-corrected chi connectivity index (χ0v) is 23.0. The van der Waals surface area contributed by atoms with Crippen LogP contribution in [0.25, 0.3) is 0 Å². The van der Waals surface area contributed by atoms with Crippen LogP contribution < -0.4 is 18.9 Å². The first-order valence-corrected chi connectivity index (χ1v) is 14.6. The van der Waals surface area contributed by atoms with Crippen LogP contribution in [-0.2, 0) is 10.0 Å². The van der Waals surface area contributed by atoms with Gasteiger partial charge in [0, 0.05) is 24.2 Å². The van der Waals surface area contributed by atoms with Gasteiger partial charge in [0.1, 0.15) is 11.6 Å². The molecule has 4 rings (SSSR count). The van der Waals surface area contributed by atoms with Gasteiger partial charge in [0.2, 0.25) is 10.0 Å². The highest BCUT2D eigenvalue weighted by Gasteiger charge is 2.32. The third-order valence-electron chi connectivity index (χ3n) is 7.51. The molecule has 0 aromatic heterocycles. The van der Waals surface area contributed by atoms with E-state index < -0.39 is 10.0 Å². The van der Waals surface area contributed by atoms with Crippen LogP contribution in [0.4, 0.5) is 4.39 Å². The molecule has 9 heteroatoms. The van der Waals surface area contributed by atoms with Gasteiger partial charge in [-0.05, 0) is 95.1 Å². The lowest BCUT2D eigenvalue weighted by molar-refractivity contribution is 0.115. The minimum absolute atomic E-state index is 0.00000339. The normalized spacial score (nSPS) is 21.7. The average Bonchev–Trinajstić information content (AvgIpc) is 2.88. The highest BCUT2D eigenvalue weighted by Crippen LogP contribution is 2.37. The summed E-state index contributed by atoms with van der Waals surface area (Å²) in [6.07, 6.45) is 5.55. The molecule has 2 aromatic carbocycles. The summed E-state index contributed by atoms with van der Waals surface area (Å²) in [7, 11) is -0.641. The van der Waals surface area contributed by atoms with Crippen LogP contribution in [0, 0.1) is 5.82 Å². The number of benzene rings is 2. The van der Waals surface area contributed by atoms with Gasteiger partial charge in [-0.3, -0.25) is 0 Å². The summed E-state index contributed by atoms with van der Waals surface area (Å²) in [4.78, 5) is 2.72. The van der Waals surface area contributed by atoms with Gasteiger partial charge in [-0.2, -0.15) is 0 Å². The molecule has 7 nitrogen and oxygen atoms in total. The van der Waals surface area contributed by atoms with Gasteiger partial charge in [-0.15, -0.1) is 0 Å². The van der Waals surface area contributed by atoms with Crippen LogP contribution in [0.3, 0.4) is 0 Å². The van der Waals surface area contributed by atoms with Gasteiger partial charge in [-0.1, -0.05) is 6.07 Å². The number of rotatable bonds is 9. The quantitative estimate of drug-likeness (QED) is 0.483. The summed E-state index contributed by atoms with van der Waals surface area (Å²) < 4.78 is 59.1. The number of hydrogen-bond acceptors (Lipinski definition) is 6. The van der Waals surface area contributed by atoms with Crippen molar-refractivity contribution in [3.63, 3.8) is 0 Å². The number of nitrogens with zero attached hydrogens (tertiary/aromatic N) is 1. The molecule has 0 unspecified atom stereocenters. The number of halogens is 1. The molecular formula is C28H39FN2O5S. The molecule has 1 aliphatic heterocycles. The van der Waals surface area contributed by atoms with Crippen molar-refractivity contribution in [1.29, 1.82) is 0 Å². The predicted octanol–water partition coefficient (Wildman–Crippen LogP) is 5.10. The summed E-state index contributed by atoms with van der Waals surface area (Å²) in [5.74, 6) is 1.64. The molecule has 2 aromatic rings. The van der Waals surface area contributed by atoms with Crippen molar-refractivity contribution in [2.45, 2.75) is 81.4 Å². The number of piperidine rings is 1. The first-order chi connectivity index (χ1) is 17.7. The van der Waals surface area contributed by atoms with Gasteiger partial charge in [0.05, 0.1) is 25.2 Å². The van der Waals surface area contributed by atoms with Crippen LogP contribution in [0.1, 0.15) is 63.9 Å². The lowest BCUT2D eigenvalue weighted by Crippen LogP contribution is -2.46. The summed E-state index contributed by atoms with van der Waals surface area (Å²) in [5, 5.41) is 0. The van der Waals surface area contributed by atoms with Crippen LogP contribution in [0.2, 0.25) is 0 Å². The molecule has 0 amide bonds.